The van der Waals surface area contributed by atoms with Crippen LogP contribution in [0.4, 0.5) is 21.8 Å². The quantitative estimate of drug-likeness (QED) is 0.796. The molecule has 0 radical (unpaired) electrons. The van der Waals surface area contributed by atoms with E-state index in [0.717, 1.165) is 23.8 Å². The summed E-state index contributed by atoms with van der Waals surface area (Å²) < 4.78 is 0. The van der Waals surface area contributed by atoms with E-state index in [1.165, 1.54) is 11.4 Å². The summed E-state index contributed by atoms with van der Waals surface area (Å²) in [6.45, 7) is 6.39. The Bertz CT molecular complexity index is 337. The standard InChI is InChI=1S/C10H13ClN2.FH/c1-3-13(4-2)8-6-5-7(11)9-10(8)12-9;/h5-6,12H,3-4H2,1-2H3;1H. The van der Waals surface area contributed by atoms with Crippen LogP contribution >= 0.6 is 11.6 Å². The number of halogens is 2. The van der Waals surface area contributed by atoms with E-state index in [0.29, 0.717) is 0 Å². The second kappa shape index (κ2) is 4.05. The van der Waals surface area contributed by atoms with Crippen molar-refractivity contribution in [1.29, 1.82) is 0 Å². The highest BCUT2D eigenvalue weighted by atomic mass is 35.5. The van der Waals surface area contributed by atoms with Gasteiger partial charge in [0, 0.05) is 13.1 Å². The fraction of sp³-hybridized carbons (Fsp3) is 0.400. The third-order valence-electron chi connectivity index (χ3n) is 2.42. The molecule has 1 aliphatic heterocycles. The Hall–Kier alpha value is -0.960. The second-order valence-electron chi connectivity index (χ2n) is 3.11. The Morgan fingerprint density at radius 3 is 2.43 bits per heavy atom. The molecule has 0 unspecified atom stereocenters. The smallest absolute Gasteiger partial charge is 0.0877 e. The van der Waals surface area contributed by atoms with E-state index in [2.05, 4.69) is 30.1 Å². The van der Waals surface area contributed by atoms with Crippen molar-refractivity contribution >= 4 is 28.7 Å². The largest absolute Gasteiger partial charge is 0.370 e. The van der Waals surface area contributed by atoms with E-state index in [-0.39, 0.29) is 4.70 Å². The van der Waals surface area contributed by atoms with Gasteiger partial charge in [0.05, 0.1) is 22.1 Å². The number of rotatable bonds is 3. The van der Waals surface area contributed by atoms with Gasteiger partial charge in [-0.1, -0.05) is 11.6 Å². The average Bonchev–Trinajstić information content (AvgIpc) is 2.91. The number of hydrogen-bond donors (Lipinski definition) is 1. The third-order valence-corrected chi connectivity index (χ3v) is 2.74. The van der Waals surface area contributed by atoms with Crippen molar-refractivity contribution in [2.75, 3.05) is 23.3 Å². The molecule has 1 aromatic rings. The van der Waals surface area contributed by atoms with Crippen molar-refractivity contribution in [2.24, 2.45) is 0 Å². The Morgan fingerprint density at radius 2 is 1.86 bits per heavy atom. The van der Waals surface area contributed by atoms with Gasteiger partial charge >= 0.3 is 0 Å². The summed E-state index contributed by atoms with van der Waals surface area (Å²) in [6, 6.07) is 4.03. The van der Waals surface area contributed by atoms with Gasteiger partial charge in [-0.2, -0.15) is 0 Å². The van der Waals surface area contributed by atoms with E-state index in [4.69, 9.17) is 11.6 Å². The summed E-state index contributed by atoms with van der Waals surface area (Å²) in [5, 5.41) is 4.03. The van der Waals surface area contributed by atoms with Crippen molar-refractivity contribution in [2.45, 2.75) is 13.8 Å². The Balaban J connectivity index is 0.000000980. The fourth-order valence-electron chi connectivity index (χ4n) is 1.61. The number of fused-ring (bicyclic) bond motifs is 1. The minimum absolute atomic E-state index is 0. The lowest BCUT2D eigenvalue weighted by atomic mass is 10.3. The molecular formula is C10H14ClFN2. The zero-order chi connectivity index (χ0) is 9.42. The van der Waals surface area contributed by atoms with Crippen LogP contribution < -0.4 is 10.2 Å². The molecule has 1 heterocycles. The van der Waals surface area contributed by atoms with Crippen molar-refractivity contribution in [1.82, 2.24) is 0 Å². The number of nitrogens with zero attached hydrogens (tertiary/aromatic N) is 1. The highest BCUT2D eigenvalue weighted by molar-refractivity contribution is 6.36. The van der Waals surface area contributed by atoms with Crippen LogP contribution in [0.15, 0.2) is 12.1 Å². The lowest BCUT2D eigenvalue weighted by Crippen LogP contribution is -2.21. The minimum Gasteiger partial charge on any atom is -0.370 e. The SMILES string of the molecule is CCN(CC)c1ccc(Cl)c2c1N2.F. The van der Waals surface area contributed by atoms with Gasteiger partial charge in [-0.3, -0.25) is 4.70 Å². The van der Waals surface area contributed by atoms with Crippen molar-refractivity contribution < 1.29 is 4.70 Å². The average molecular weight is 217 g/mol. The van der Waals surface area contributed by atoms with Crippen LogP contribution in [-0.4, -0.2) is 13.1 Å². The van der Waals surface area contributed by atoms with Crippen LogP contribution in [0.25, 0.3) is 0 Å². The fourth-order valence-corrected chi connectivity index (χ4v) is 1.82. The number of benzene rings is 1. The van der Waals surface area contributed by atoms with E-state index in [1.54, 1.807) is 0 Å². The third kappa shape index (κ3) is 1.64. The molecule has 1 aromatic carbocycles. The molecule has 0 fully saturated rings. The molecule has 14 heavy (non-hydrogen) atoms. The molecule has 0 amide bonds. The molecule has 2 rings (SSSR count). The molecule has 0 spiro atoms. The second-order valence-corrected chi connectivity index (χ2v) is 3.52. The monoisotopic (exact) mass is 216 g/mol. The van der Waals surface area contributed by atoms with Crippen LogP contribution in [0.3, 0.4) is 0 Å². The predicted octanol–water partition coefficient (Wildman–Crippen LogP) is 3.40. The molecule has 0 saturated heterocycles. The van der Waals surface area contributed by atoms with Crippen LogP contribution in [0.5, 0.6) is 0 Å². The molecule has 1 aliphatic rings. The van der Waals surface area contributed by atoms with Gasteiger partial charge in [0.15, 0.2) is 0 Å². The zero-order valence-corrected chi connectivity index (χ0v) is 9.06. The summed E-state index contributed by atoms with van der Waals surface area (Å²) in [5.74, 6) is 0. The minimum atomic E-state index is 0. The first-order valence-corrected chi connectivity index (χ1v) is 5.00. The maximum absolute atomic E-state index is 5.94. The molecule has 0 saturated carbocycles. The van der Waals surface area contributed by atoms with E-state index < -0.39 is 0 Å². The lowest BCUT2D eigenvalue weighted by Gasteiger charge is -2.20. The molecule has 1 N–H and O–H groups in total. The topological polar surface area (TPSA) is 25.2 Å². The molecule has 78 valence electrons. The highest BCUT2D eigenvalue weighted by Gasteiger charge is 2.25. The normalized spacial score (nSPS) is 11.1. The van der Waals surface area contributed by atoms with Gasteiger partial charge in [0.1, 0.15) is 0 Å². The maximum atomic E-state index is 5.94. The van der Waals surface area contributed by atoms with E-state index in [1.807, 2.05) is 6.07 Å². The maximum Gasteiger partial charge on any atom is 0.0877 e. The first kappa shape index (κ1) is 11.1. The molecular weight excluding hydrogens is 203 g/mol. The van der Waals surface area contributed by atoms with Crippen molar-refractivity contribution in [3.8, 4) is 0 Å². The van der Waals surface area contributed by atoms with Crippen LogP contribution in [-0.2, 0) is 0 Å². The molecule has 0 bridgehead atoms. The van der Waals surface area contributed by atoms with Gasteiger partial charge in [0.25, 0.3) is 0 Å². The van der Waals surface area contributed by atoms with Gasteiger partial charge in [-0.05, 0) is 26.0 Å². The number of anilines is 3. The van der Waals surface area contributed by atoms with Crippen molar-refractivity contribution in [3.63, 3.8) is 0 Å². The van der Waals surface area contributed by atoms with E-state index >= 15 is 0 Å². The van der Waals surface area contributed by atoms with Gasteiger partial charge in [0.2, 0.25) is 0 Å². The first-order valence-electron chi connectivity index (χ1n) is 4.62. The Labute approximate surface area is 88.2 Å². The number of hydrogen-bond acceptors (Lipinski definition) is 2. The summed E-state index contributed by atoms with van der Waals surface area (Å²) in [4.78, 5) is 2.31. The van der Waals surface area contributed by atoms with E-state index in [9.17, 15) is 0 Å². The summed E-state index contributed by atoms with van der Waals surface area (Å²) in [6.07, 6.45) is 0. The summed E-state index contributed by atoms with van der Waals surface area (Å²) in [5.41, 5.74) is 3.58. The molecule has 0 aliphatic carbocycles. The molecule has 2 nitrogen and oxygen atoms in total. The summed E-state index contributed by atoms with van der Waals surface area (Å²) in [7, 11) is 0. The summed E-state index contributed by atoms with van der Waals surface area (Å²) >= 11 is 5.94. The van der Waals surface area contributed by atoms with Gasteiger partial charge < -0.3 is 10.2 Å². The Kier molecular flexibility index (Phi) is 3.21. The molecule has 4 heteroatoms. The Morgan fingerprint density at radius 1 is 1.21 bits per heavy atom. The zero-order valence-electron chi connectivity index (χ0n) is 8.30. The lowest BCUT2D eigenvalue weighted by molar-refractivity contribution is 0.870. The highest BCUT2D eigenvalue weighted by Crippen LogP contribution is 2.51. The molecule has 0 aromatic heterocycles. The first-order chi connectivity index (χ1) is 6.27. The molecule has 0 atom stereocenters. The van der Waals surface area contributed by atoms with Crippen LogP contribution in [0.2, 0.25) is 5.02 Å². The van der Waals surface area contributed by atoms with Crippen LogP contribution in [0, 0.1) is 0 Å². The van der Waals surface area contributed by atoms with Crippen LogP contribution in [0.1, 0.15) is 13.8 Å². The van der Waals surface area contributed by atoms with Gasteiger partial charge in [-0.25, -0.2) is 0 Å². The van der Waals surface area contributed by atoms with Gasteiger partial charge in [-0.15, -0.1) is 0 Å². The van der Waals surface area contributed by atoms with Crippen molar-refractivity contribution in [3.05, 3.63) is 17.2 Å². The number of nitrogens with one attached hydrogen (secondary N) is 1. The predicted molar refractivity (Wildman–Crippen MR) is 60.8 cm³/mol.